The molecule has 0 aliphatic carbocycles. The molecule has 1 unspecified atom stereocenters. The van der Waals surface area contributed by atoms with Gasteiger partial charge in [-0.2, -0.15) is 5.10 Å². The van der Waals surface area contributed by atoms with Crippen molar-refractivity contribution in [1.29, 1.82) is 0 Å². The SMILES string of the molecule is Cc1cc(C(=O)OC(C)c2c(Cl)ccc(F)c2Cl)nn1C. The van der Waals surface area contributed by atoms with Crippen LogP contribution in [-0.2, 0) is 11.8 Å². The molecule has 0 N–H and O–H groups in total. The van der Waals surface area contributed by atoms with Crippen molar-refractivity contribution in [2.24, 2.45) is 7.05 Å². The fourth-order valence-corrected chi connectivity index (χ4v) is 2.53. The van der Waals surface area contributed by atoms with Gasteiger partial charge in [-0.25, -0.2) is 9.18 Å². The van der Waals surface area contributed by atoms with E-state index >= 15 is 0 Å². The fourth-order valence-electron chi connectivity index (χ4n) is 1.86. The largest absolute Gasteiger partial charge is 0.453 e. The molecule has 7 heteroatoms. The number of esters is 1. The average Bonchev–Trinajstić information content (AvgIpc) is 2.75. The number of ether oxygens (including phenoxy) is 1. The first kappa shape index (κ1) is 15.8. The van der Waals surface area contributed by atoms with Crippen molar-refractivity contribution in [3.63, 3.8) is 0 Å². The van der Waals surface area contributed by atoms with Crippen LogP contribution in [0.15, 0.2) is 18.2 Å². The number of aryl methyl sites for hydroxylation is 2. The fraction of sp³-hybridized carbons (Fsp3) is 0.286. The van der Waals surface area contributed by atoms with Gasteiger partial charge in [0, 0.05) is 23.3 Å². The molecule has 0 fully saturated rings. The summed E-state index contributed by atoms with van der Waals surface area (Å²) in [6.07, 6.45) is -0.796. The summed E-state index contributed by atoms with van der Waals surface area (Å²) in [7, 11) is 1.72. The van der Waals surface area contributed by atoms with E-state index in [1.165, 1.54) is 6.07 Å². The summed E-state index contributed by atoms with van der Waals surface area (Å²) in [5.41, 5.74) is 1.22. The van der Waals surface area contributed by atoms with E-state index in [9.17, 15) is 9.18 Å². The Morgan fingerprint density at radius 1 is 1.43 bits per heavy atom. The minimum Gasteiger partial charge on any atom is -0.453 e. The van der Waals surface area contributed by atoms with E-state index in [1.54, 1.807) is 24.7 Å². The Hall–Kier alpha value is -1.59. The maximum absolute atomic E-state index is 13.5. The van der Waals surface area contributed by atoms with Crippen LogP contribution in [0.4, 0.5) is 4.39 Å². The van der Waals surface area contributed by atoms with Gasteiger partial charge in [0.05, 0.1) is 5.02 Å². The van der Waals surface area contributed by atoms with Gasteiger partial charge >= 0.3 is 5.97 Å². The molecule has 0 saturated carbocycles. The smallest absolute Gasteiger partial charge is 0.359 e. The average molecular weight is 331 g/mol. The van der Waals surface area contributed by atoms with Crippen LogP contribution in [0.1, 0.15) is 34.8 Å². The molecule has 0 amide bonds. The van der Waals surface area contributed by atoms with Gasteiger partial charge in [0.1, 0.15) is 11.9 Å². The maximum atomic E-state index is 13.5. The Morgan fingerprint density at radius 3 is 2.67 bits per heavy atom. The van der Waals surface area contributed by atoms with Crippen molar-refractivity contribution in [1.82, 2.24) is 9.78 Å². The normalized spacial score (nSPS) is 12.3. The maximum Gasteiger partial charge on any atom is 0.359 e. The van der Waals surface area contributed by atoms with Crippen LogP contribution >= 0.6 is 23.2 Å². The summed E-state index contributed by atoms with van der Waals surface area (Å²) in [6, 6.07) is 4.13. The van der Waals surface area contributed by atoms with Crippen LogP contribution in [0.2, 0.25) is 10.0 Å². The lowest BCUT2D eigenvalue weighted by Gasteiger charge is -2.16. The van der Waals surface area contributed by atoms with Crippen molar-refractivity contribution in [3.8, 4) is 0 Å². The Balaban J connectivity index is 2.24. The van der Waals surface area contributed by atoms with Crippen molar-refractivity contribution in [2.75, 3.05) is 0 Å². The molecule has 1 atom stereocenters. The number of halogens is 3. The molecule has 2 rings (SSSR count). The number of carbonyl (C=O) groups excluding carboxylic acids is 1. The van der Waals surface area contributed by atoms with Crippen molar-refractivity contribution >= 4 is 29.2 Å². The molecule has 2 aromatic rings. The highest BCUT2D eigenvalue weighted by Crippen LogP contribution is 2.34. The zero-order chi connectivity index (χ0) is 15.7. The van der Waals surface area contributed by atoms with Gasteiger partial charge < -0.3 is 4.74 Å². The molecule has 0 radical (unpaired) electrons. The lowest BCUT2D eigenvalue weighted by Crippen LogP contribution is -2.11. The highest BCUT2D eigenvalue weighted by atomic mass is 35.5. The Morgan fingerprint density at radius 2 is 2.10 bits per heavy atom. The van der Waals surface area contributed by atoms with Crippen LogP contribution in [0, 0.1) is 12.7 Å². The van der Waals surface area contributed by atoms with E-state index in [2.05, 4.69) is 5.10 Å². The molecular formula is C14H13Cl2FN2O2. The number of aromatic nitrogens is 2. The Kier molecular flexibility index (Phi) is 4.54. The standard InChI is InChI=1S/C14H13Cl2FN2O2/c1-7-6-11(18-19(7)3)14(20)21-8(2)12-9(15)4-5-10(17)13(12)16/h4-6,8H,1-3H3. The second kappa shape index (κ2) is 6.03. The molecule has 0 bridgehead atoms. The van der Waals surface area contributed by atoms with E-state index in [0.29, 0.717) is 0 Å². The molecule has 1 aromatic carbocycles. The molecule has 21 heavy (non-hydrogen) atoms. The zero-order valence-corrected chi connectivity index (χ0v) is 13.2. The molecule has 0 aliphatic rings. The van der Waals surface area contributed by atoms with Crippen molar-refractivity contribution in [2.45, 2.75) is 20.0 Å². The lowest BCUT2D eigenvalue weighted by molar-refractivity contribution is 0.0330. The third kappa shape index (κ3) is 3.19. The number of carbonyl (C=O) groups is 1. The van der Waals surface area contributed by atoms with Crippen LogP contribution in [0.25, 0.3) is 0 Å². The first-order valence-electron chi connectivity index (χ1n) is 6.16. The van der Waals surface area contributed by atoms with E-state index in [4.69, 9.17) is 27.9 Å². The second-order valence-electron chi connectivity index (χ2n) is 4.60. The topological polar surface area (TPSA) is 44.1 Å². The summed E-state index contributed by atoms with van der Waals surface area (Å²) >= 11 is 11.9. The van der Waals surface area contributed by atoms with Gasteiger partial charge in [-0.15, -0.1) is 0 Å². The Labute approximate surface area is 131 Å². The van der Waals surface area contributed by atoms with Gasteiger partial charge in [-0.1, -0.05) is 23.2 Å². The highest BCUT2D eigenvalue weighted by Gasteiger charge is 2.22. The summed E-state index contributed by atoms with van der Waals surface area (Å²) in [5.74, 6) is -1.24. The number of benzene rings is 1. The van der Waals surface area contributed by atoms with Crippen LogP contribution in [-0.4, -0.2) is 15.7 Å². The predicted molar refractivity (Wildman–Crippen MR) is 78.2 cm³/mol. The van der Waals surface area contributed by atoms with Gasteiger partial charge in [0.25, 0.3) is 0 Å². The summed E-state index contributed by atoms with van der Waals surface area (Å²) in [4.78, 5) is 12.0. The van der Waals surface area contributed by atoms with Gasteiger partial charge in [0.2, 0.25) is 0 Å². The van der Waals surface area contributed by atoms with Gasteiger partial charge in [-0.05, 0) is 32.0 Å². The molecule has 0 spiro atoms. The molecule has 4 nitrogen and oxygen atoms in total. The molecule has 0 aliphatic heterocycles. The van der Waals surface area contributed by atoms with E-state index in [0.717, 1.165) is 11.8 Å². The van der Waals surface area contributed by atoms with Gasteiger partial charge in [0.15, 0.2) is 5.69 Å². The van der Waals surface area contributed by atoms with E-state index in [-0.39, 0.29) is 21.3 Å². The minimum atomic E-state index is -0.796. The number of rotatable bonds is 3. The van der Waals surface area contributed by atoms with E-state index in [1.807, 2.05) is 6.92 Å². The molecule has 112 valence electrons. The number of hydrogen-bond acceptors (Lipinski definition) is 3. The quantitative estimate of drug-likeness (QED) is 0.628. The summed E-state index contributed by atoms with van der Waals surface area (Å²) in [5, 5.41) is 4.10. The summed E-state index contributed by atoms with van der Waals surface area (Å²) in [6.45, 7) is 3.38. The molecule has 1 heterocycles. The Bertz CT molecular complexity index is 681. The van der Waals surface area contributed by atoms with Crippen molar-refractivity contribution in [3.05, 3.63) is 51.0 Å². The van der Waals surface area contributed by atoms with Crippen LogP contribution in [0.5, 0.6) is 0 Å². The second-order valence-corrected chi connectivity index (χ2v) is 5.38. The lowest BCUT2D eigenvalue weighted by atomic mass is 10.1. The predicted octanol–water partition coefficient (Wildman–Crippen LogP) is 4.09. The van der Waals surface area contributed by atoms with E-state index < -0.39 is 17.9 Å². The minimum absolute atomic E-state index is 0.153. The third-order valence-corrected chi connectivity index (χ3v) is 3.81. The van der Waals surface area contributed by atoms with Crippen LogP contribution in [0.3, 0.4) is 0 Å². The van der Waals surface area contributed by atoms with Gasteiger partial charge in [-0.3, -0.25) is 4.68 Å². The van der Waals surface area contributed by atoms with Crippen molar-refractivity contribution < 1.29 is 13.9 Å². The summed E-state index contributed by atoms with van der Waals surface area (Å²) < 4.78 is 20.3. The third-order valence-electron chi connectivity index (χ3n) is 3.09. The monoisotopic (exact) mass is 330 g/mol. The molecular weight excluding hydrogens is 318 g/mol. The molecule has 1 aromatic heterocycles. The first-order valence-corrected chi connectivity index (χ1v) is 6.92. The highest BCUT2D eigenvalue weighted by molar-refractivity contribution is 6.36. The number of nitrogens with zero attached hydrogens (tertiary/aromatic N) is 2. The first-order chi connectivity index (χ1) is 9.81. The van der Waals surface area contributed by atoms with Crippen LogP contribution < -0.4 is 0 Å². The zero-order valence-electron chi connectivity index (χ0n) is 11.7. The number of hydrogen-bond donors (Lipinski definition) is 0. The molecule has 0 saturated heterocycles.